The fraction of sp³-hybridized carbons (Fsp3) is 0.167. The molecule has 0 aromatic carbocycles. The van der Waals surface area contributed by atoms with Gasteiger partial charge >= 0.3 is 0 Å². The summed E-state index contributed by atoms with van der Waals surface area (Å²) in [6.07, 6.45) is 1.66. The van der Waals surface area contributed by atoms with E-state index in [2.05, 4.69) is 37.3 Å². The maximum atomic E-state index is 8.80. The number of nitriles is 1. The number of thiophene rings is 1. The summed E-state index contributed by atoms with van der Waals surface area (Å²) in [7, 11) is 2.00. The van der Waals surface area contributed by atoms with Crippen molar-refractivity contribution in [3.05, 3.63) is 44.8 Å². The van der Waals surface area contributed by atoms with Crippen molar-refractivity contribution in [1.82, 2.24) is 4.98 Å². The third-order valence-electron chi connectivity index (χ3n) is 2.34. The second-order valence-corrected chi connectivity index (χ2v) is 5.92. The summed E-state index contributed by atoms with van der Waals surface area (Å²) in [6, 6.07) is 7.85. The van der Waals surface area contributed by atoms with E-state index in [1.54, 1.807) is 23.6 Å². The maximum absolute atomic E-state index is 8.80. The first kappa shape index (κ1) is 12.1. The van der Waals surface area contributed by atoms with Crippen molar-refractivity contribution in [2.24, 2.45) is 0 Å². The smallest absolute Gasteiger partial charge is 0.142 e. The second kappa shape index (κ2) is 5.30. The third-order valence-corrected chi connectivity index (χ3v) is 3.89. The van der Waals surface area contributed by atoms with Gasteiger partial charge in [0.15, 0.2) is 0 Å². The van der Waals surface area contributed by atoms with Crippen molar-refractivity contribution in [2.45, 2.75) is 6.54 Å². The van der Waals surface area contributed by atoms with E-state index in [1.807, 2.05) is 19.2 Å². The molecule has 0 aliphatic heterocycles. The highest BCUT2D eigenvalue weighted by Crippen LogP contribution is 2.23. The topological polar surface area (TPSA) is 39.9 Å². The van der Waals surface area contributed by atoms with Crippen LogP contribution < -0.4 is 4.90 Å². The first-order valence-electron chi connectivity index (χ1n) is 4.99. The number of halogens is 1. The quantitative estimate of drug-likeness (QED) is 0.872. The van der Waals surface area contributed by atoms with E-state index in [0.717, 1.165) is 16.0 Å². The highest BCUT2D eigenvalue weighted by atomic mass is 79.9. The lowest BCUT2D eigenvalue weighted by molar-refractivity contribution is 0.924. The van der Waals surface area contributed by atoms with E-state index in [1.165, 1.54) is 5.56 Å². The van der Waals surface area contributed by atoms with Gasteiger partial charge in [-0.2, -0.15) is 5.26 Å². The van der Waals surface area contributed by atoms with Crippen LogP contribution in [0.5, 0.6) is 0 Å². The van der Waals surface area contributed by atoms with Crippen LogP contribution in [0.15, 0.2) is 33.6 Å². The maximum Gasteiger partial charge on any atom is 0.142 e. The zero-order valence-corrected chi connectivity index (χ0v) is 11.6. The molecule has 0 aliphatic rings. The van der Waals surface area contributed by atoms with Crippen LogP contribution in [-0.2, 0) is 6.54 Å². The molecule has 0 saturated heterocycles. The zero-order valence-electron chi connectivity index (χ0n) is 9.22. The monoisotopic (exact) mass is 307 g/mol. The third kappa shape index (κ3) is 3.05. The average molecular weight is 308 g/mol. The molecule has 5 heteroatoms. The minimum Gasteiger partial charge on any atom is -0.370 e. The van der Waals surface area contributed by atoms with Crippen LogP contribution in [0.2, 0.25) is 0 Å². The van der Waals surface area contributed by atoms with E-state index in [0.29, 0.717) is 5.69 Å². The highest BCUT2D eigenvalue weighted by molar-refractivity contribution is 9.11. The van der Waals surface area contributed by atoms with Gasteiger partial charge in [-0.3, -0.25) is 0 Å². The molecule has 2 heterocycles. The van der Waals surface area contributed by atoms with Crippen molar-refractivity contribution >= 4 is 33.0 Å². The lowest BCUT2D eigenvalue weighted by Crippen LogP contribution is -2.16. The fourth-order valence-electron chi connectivity index (χ4n) is 1.51. The van der Waals surface area contributed by atoms with Gasteiger partial charge in [0.1, 0.15) is 11.8 Å². The van der Waals surface area contributed by atoms with Gasteiger partial charge in [-0.1, -0.05) is 0 Å². The molecule has 0 N–H and O–H groups in total. The summed E-state index contributed by atoms with van der Waals surface area (Å²) in [5, 5.41) is 10.9. The number of hydrogen-bond donors (Lipinski definition) is 0. The fourth-order valence-corrected chi connectivity index (χ4v) is 2.71. The van der Waals surface area contributed by atoms with Gasteiger partial charge in [0.05, 0.1) is 3.79 Å². The number of rotatable bonds is 3. The molecule has 86 valence electrons. The lowest BCUT2D eigenvalue weighted by atomic mass is 10.2. The molecule has 3 nitrogen and oxygen atoms in total. The van der Waals surface area contributed by atoms with Crippen molar-refractivity contribution < 1.29 is 0 Å². The summed E-state index contributed by atoms with van der Waals surface area (Å²) in [4.78, 5) is 6.05. The largest absolute Gasteiger partial charge is 0.370 e. The van der Waals surface area contributed by atoms with Crippen molar-refractivity contribution in [2.75, 3.05) is 11.9 Å². The van der Waals surface area contributed by atoms with E-state index in [4.69, 9.17) is 5.26 Å². The average Bonchev–Trinajstić information content (AvgIpc) is 2.75. The van der Waals surface area contributed by atoms with Gasteiger partial charge in [0.2, 0.25) is 0 Å². The Morgan fingerprint density at radius 2 is 2.35 bits per heavy atom. The van der Waals surface area contributed by atoms with Gasteiger partial charge < -0.3 is 4.90 Å². The van der Waals surface area contributed by atoms with Crippen molar-refractivity contribution in [3.8, 4) is 6.07 Å². The Labute approximate surface area is 112 Å². The molecule has 0 fully saturated rings. The highest BCUT2D eigenvalue weighted by Gasteiger charge is 2.05. The van der Waals surface area contributed by atoms with Gasteiger partial charge in [-0.15, -0.1) is 11.3 Å². The van der Waals surface area contributed by atoms with Gasteiger partial charge in [-0.05, 0) is 45.1 Å². The minimum atomic E-state index is 0.445. The standard InChI is InChI=1S/C12H10BrN3S/c1-16(7-9-4-12(13)17-8-9)11-2-3-15-10(5-11)6-14/h2-5,8H,7H2,1H3. The SMILES string of the molecule is CN(Cc1csc(Br)c1)c1ccnc(C#N)c1. The van der Waals surface area contributed by atoms with Crippen LogP contribution >= 0.6 is 27.3 Å². The van der Waals surface area contributed by atoms with Crippen LogP contribution in [0.1, 0.15) is 11.3 Å². The Hall–Kier alpha value is -1.38. The minimum absolute atomic E-state index is 0.445. The number of nitrogens with zero attached hydrogens (tertiary/aromatic N) is 3. The van der Waals surface area contributed by atoms with E-state index in [9.17, 15) is 0 Å². The molecule has 0 amide bonds. The molecule has 2 aromatic heterocycles. The molecule has 0 saturated carbocycles. The van der Waals surface area contributed by atoms with Crippen LogP contribution in [-0.4, -0.2) is 12.0 Å². The predicted octanol–water partition coefficient (Wildman–Crippen LogP) is 3.41. The normalized spacial score (nSPS) is 9.94. The number of anilines is 1. The Bertz CT molecular complexity index is 559. The van der Waals surface area contributed by atoms with Gasteiger partial charge in [0, 0.05) is 25.5 Å². The molecule has 0 unspecified atom stereocenters. The molecule has 2 aromatic rings. The summed E-state index contributed by atoms with van der Waals surface area (Å²) >= 11 is 5.12. The molecule has 17 heavy (non-hydrogen) atoms. The number of aromatic nitrogens is 1. The summed E-state index contributed by atoms with van der Waals surface area (Å²) in [5.41, 5.74) is 2.69. The summed E-state index contributed by atoms with van der Waals surface area (Å²) in [6.45, 7) is 0.816. The Morgan fingerprint density at radius 1 is 1.53 bits per heavy atom. The van der Waals surface area contributed by atoms with Crippen LogP contribution in [0, 0.1) is 11.3 Å². The number of hydrogen-bond acceptors (Lipinski definition) is 4. The molecular formula is C12H10BrN3S. The Kier molecular flexibility index (Phi) is 3.77. The number of pyridine rings is 1. The molecule has 0 atom stereocenters. The van der Waals surface area contributed by atoms with Crippen LogP contribution in [0.3, 0.4) is 0 Å². The second-order valence-electron chi connectivity index (χ2n) is 3.63. The lowest BCUT2D eigenvalue weighted by Gasteiger charge is -2.18. The van der Waals surface area contributed by atoms with E-state index in [-0.39, 0.29) is 0 Å². The van der Waals surface area contributed by atoms with E-state index < -0.39 is 0 Å². The molecule has 0 aliphatic carbocycles. The first-order valence-corrected chi connectivity index (χ1v) is 6.66. The van der Waals surface area contributed by atoms with Crippen molar-refractivity contribution in [3.63, 3.8) is 0 Å². The Balaban J connectivity index is 2.14. The molecule has 0 spiro atoms. The molecule has 0 radical (unpaired) electrons. The molecule has 2 rings (SSSR count). The van der Waals surface area contributed by atoms with Crippen LogP contribution in [0.25, 0.3) is 0 Å². The van der Waals surface area contributed by atoms with Crippen molar-refractivity contribution in [1.29, 1.82) is 5.26 Å². The molecular weight excluding hydrogens is 298 g/mol. The molecule has 0 bridgehead atoms. The van der Waals surface area contributed by atoms with E-state index >= 15 is 0 Å². The van der Waals surface area contributed by atoms with Crippen LogP contribution in [0.4, 0.5) is 5.69 Å². The van der Waals surface area contributed by atoms with Gasteiger partial charge in [-0.25, -0.2) is 4.98 Å². The Morgan fingerprint density at radius 3 is 3.00 bits per heavy atom. The first-order chi connectivity index (χ1) is 8.19. The summed E-state index contributed by atoms with van der Waals surface area (Å²) < 4.78 is 1.13. The van der Waals surface area contributed by atoms with Gasteiger partial charge in [0.25, 0.3) is 0 Å². The summed E-state index contributed by atoms with van der Waals surface area (Å²) in [5.74, 6) is 0. The predicted molar refractivity (Wildman–Crippen MR) is 73.1 cm³/mol. The zero-order chi connectivity index (χ0) is 12.3.